The number of benzene rings is 2. The monoisotopic (exact) mass is 838 g/mol. The van der Waals surface area contributed by atoms with E-state index in [1.165, 1.54) is 14.2 Å². The Kier molecular flexibility index (Phi) is 13.7. The van der Waals surface area contributed by atoms with Crippen molar-refractivity contribution in [3.8, 4) is 33.6 Å². The largest absolute Gasteiger partial charge is 0.453 e. The Labute approximate surface area is 356 Å². The lowest BCUT2D eigenvalue weighted by molar-refractivity contribution is -0.138. The van der Waals surface area contributed by atoms with E-state index in [1.807, 2.05) is 44.0 Å². The molecule has 0 saturated carbocycles. The Morgan fingerprint density at radius 1 is 0.754 bits per heavy atom. The van der Waals surface area contributed by atoms with Gasteiger partial charge in [0, 0.05) is 38.8 Å². The van der Waals surface area contributed by atoms with Crippen LogP contribution in [0.2, 0.25) is 0 Å². The van der Waals surface area contributed by atoms with Crippen LogP contribution in [0.3, 0.4) is 0 Å². The molecule has 3 aliphatic heterocycles. The Hall–Kier alpha value is -5.74. The van der Waals surface area contributed by atoms with E-state index in [0.717, 1.165) is 52.3 Å². The summed E-state index contributed by atoms with van der Waals surface area (Å²) in [7, 11) is 4.25. The molecule has 3 saturated heterocycles. The summed E-state index contributed by atoms with van der Waals surface area (Å²) >= 11 is 0. The van der Waals surface area contributed by atoms with E-state index in [4.69, 9.17) is 28.9 Å². The van der Waals surface area contributed by atoms with Crippen molar-refractivity contribution in [1.29, 1.82) is 0 Å². The number of carbonyl (C=O) groups is 4. The summed E-state index contributed by atoms with van der Waals surface area (Å²) in [6.07, 6.45) is 5.97. The number of nitrogens with one attached hydrogen (secondary N) is 4. The van der Waals surface area contributed by atoms with E-state index in [0.29, 0.717) is 51.5 Å². The minimum absolute atomic E-state index is 0.0168. The number of carbonyl (C=O) groups excluding carboxylic acids is 4. The van der Waals surface area contributed by atoms with E-state index in [2.05, 4.69) is 57.0 Å². The van der Waals surface area contributed by atoms with Crippen molar-refractivity contribution in [2.45, 2.75) is 83.1 Å². The van der Waals surface area contributed by atoms with Crippen molar-refractivity contribution in [3.63, 3.8) is 0 Å². The lowest BCUT2D eigenvalue weighted by Gasteiger charge is -2.36. The standard InChI is InChI=1S/C45H58N8O8/c1-26(2)38(50-44(56)59-5)42(54)52-24-28(25-58-4)21-37(52)41-47-23-35(49-41)32-14-10-30(11-15-32)29-8-12-31(13-9-29)34-22-46-40(48-34)36-16-7-27(3)53(36)43(55)39(51-45(57)60-6)33-17-19-61-20-18-33/h8-15,22-23,26-28,33,36-39H,7,16-21,24-25H2,1-6H3,(H,46,48)(H,47,49)(H,50,56)(H,51,57)/t27-,28-,36-,37-,38-,39-/m0/s1. The molecular weight excluding hydrogens is 781 g/mol. The third-order valence-corrected chi connectivity index (χ3v) is 12.4. The van der Waals surface area contributed by atoms with E-state index in [-0.39, 0.29) is 47.7 Å². The molecule has 4 aromatic rings. The number of alkyl carbamates (subject to hydrolysis) is 2. The first-order valence-corrected chi connectivity index (χ1v) is 21.2. The molecule has 16 heteroatoms. The van der Waals surface area contributed by atoms with Gasteiger partial charge < -0.3 is 49.3 Å². The molecule has 0 bridgehead atoms. The smallest absolute Gasteiger partial charge is 0.407 e. The van der Waals surface area contributed by atoms with Crippen molar-refractivity contribution in [2.75, 3.05) is 47.7 Å². The topological polar surface area (TPSA) is 193 Å². The summed E-state index contributed by atoms with van der Waals surface area (Å²) in [5, 5.41) is 5.54. The van der Waals surface area contributed by atoms with Crippen LogP contribution in [-0.2, 0) is 28.5 Å². The van der Waals surface area contributed by atoms with E-state index < -0.39 is 24.3 Å². The number of hydrogen-bond acceptors (Lipinski definition) is 10. The van der Waals surface area contributed by atoms with Crippen molar-refractivity contribution >= 4 is 24.0 Å². The number of hydrogen-bond donors (Lipinski definition) is 4. The maximum atomic E-state index is 14.2. The molecule has 3 aliphatic rings. The fourth-order valence-corrected chi connectivity index (χ4v) is 9.05. The molecule has 3 fully saturated rings. The van der Waals surface area contributed by atoms with Crippen molar-refractivity contribution in [3.05, 3.63) is 72.6 Å². The van der Waals surface area contributed by atoms with Crippen LogP contribution in [0.15, 0.2) is 60.9 Å². The van der Waals surface area contributed by atoms with Crippen LogP contribution in [-0.4, -0.2) is 120 Å². The summed E-state index contributed by atoms with van der Waals surface area (Å²) < 4.78 is 20.7. The normalized spacial score (nSPS) is 21.6. The zero-order valence-corrected chi connectivity index (χ0v) is 35.8. The van der Waals surface area contributed by atoms with Gasteiger partial charge >= 0.3 is 12.2 Å². The first-order valence-electron chi connectivity index (χ1n) is 21.2. The van der Waals surface area contributed by atoms with Crippen LogP contribution in [0.1, 0.15) is 76.6 Å². The molecule has 7 rings (SSSR count). The van der Waals surface area contributed by atoms with E-state index in [1.54, 1.807) is 18.2 Å². The van der Waals surface area contributed by atoms with Gasteiger partial charge in [-0.15, -0.1) is 0 Å². The Balaban J connectivity index is 1.03. The molecule has 326 valence electrons. The van der Waals surface area contributed by atoms with Gasteiger partial charge in [0.25, 0.3) is 0 Å². The second kappa shape index (κ2) is 19.3. The number of nitrogens with zero attached hydrogens (tertiary/aromatic N) is 4. The van der Waals surface area contributed by atoms with Gasteiger partial charge in [0.2, 0.25) is 11.8 Å². The van der Waals surface area contributed by atoms with Gasteiger partial charge in [-0.2, -0.15) is 0 Å². The molecule has 61 heavy (non-hydrogen) atoms. The van der Waals surface area contributed by atoms with Gasteiger partial charge in [-0.05, 0) is 73.1 Å². The maximum absolute atomic E-state index is 14.2. The van der Waals surface area contributed by atoms with Crippen molar-refractivity contribution in [1.82, 2.24) is 40.4 Å². The molecule has 0 aliphatic carbocycles. The Morgan fingerprint density at radius 3 is 1.84 bits per heavy atom. The van der Waals surface area contributed by atoms with Gasteiger partial charge in [-0.25, -0.2) is 19.6 Å². The van der Waals surface area contributed by atoms with Gasteiger partial charge in [0.1, 0.15) is 23.7 Å². The summed E-state index contributed by atoms with van der Waals surface area (Å²) in [5.41, 5.74) is 5.69. The van der Waals surface area contributed by atoms with Crippen molar-refractivity contribution < 1.29 is 38.1 Å². The average Bonchev–Trinajstić information content (AvgIpc) is 4.11. The average molecular weight is 839 g/mol. The summed E-state index contributed by atoms with van der Waals surface area (Å²) in [4.78, 5) is 72.6. The molecule has 0 radical (unpaired) electrons. The first-order chi connectivity index (χ1) is 29.5. The first kappa shape index (κ1) is 43.4. The molecule has 4 amide bonds. The number of aromatic nitrogens is 4. The van der Waals surface area contributed by atoms with E-state index in [9.17, 15) is 19.2 Å². The third kappa shape index (κ3) is 9.60. The maximum Gasteiger partial charge on any atom is 0.407 e. The highest BCUT2D eigenvalue weighted by atomic mass is 16.5. The van der Waals surface area contributed by atoms with Crippen LogP contribution >= 0.6 is 0 Å². The predicted octanol–water partition coefficient (Wildman–Crippen LogP) is 6.25. The molecule has 5 heterocycles. The highest BCUT2D eigenvalue weighted by molar-refractivity contribution is 5.87. The molecule has 16 nitrogen and oxygen atoms in total. The molecule has 6 atom stereocenters. The van der Waals surface area contributed by atoms with E-state index >= 15 is 0 Å². The number of aromatic amines is 2. The molecule has 0 spiro atoms. The van der Waals surface area contributed by atoms with Gasteiger partial charge in [0.05, 0.1) is 56.7 Å². The number of H-pyrrole nitrogens is 2. The Bertz CT molecular complexity index is 2130. The second-order valence-corrected chi connectivity index (χ2v) is 16.7. The predicted molar refractivity (Wildman–Crippen MR) is 227 cm³/mol. The highest BCUT2D eigenvalue weighted by Crippen LogP contribution is 2.39. The number of ether oxygens (including phenoxy) is 4. The molecule has 2 aromatic carbocycles. The zero-order chi connectivity index (χ0) is 43.2. The molecule has 2 aromatic heterocycles. The fraction of sp³-hybridized carbons (Fsp3) is 0.511. The van der Waals surface area contributed by atoms with Gasteiger partial charge in [-0.3, -0.25) is 9.59 Å². The Morgan fingerprint density at radius 2 is 1.30 bits per heavy atom. The minimum Gasteiger partial charge on any atom is -0.453 e. The number of likely N-dealkylation sites (tertiary alicyclic amines) is 2. The summed E-state index contributed by atoms with van der Waals surface area (Å²) in [5.74, 6) is 1.02. The SMILES string of the molecule is COC[C@H]1C[C@@H](c2ncc(-c3ccc(-c4ccc(-c5cnc([C@@H]6CC[C@H](C)N6C(=O)[C@@H](NC(=O)OC)C6CCOCC6)[nH]5)cc4)cc3)[nH]2)N(C(=O)[C@@H](NC(=O)OC)C(C)C)C1. The number of imidazole rings is 2. The van der Waals surface area contributed by atoms with Crippen molar-refractivity contribution in [2.24, 2.45) is 17.8 Å². The highest BCUT2D eigenvalue weighted by Gasteiger charge is 2.44. The van der Waals surface area contributed by atoms with Crippen LogP contribution in [0, 0.1) is 17.8 Å². The van der Waals surface area contributed by atoms with Gasteiger partial charge in [0.15, 0.2) is 0 Å². The lowest BCUT2D eigenvalue weighted by Crippen LogP contribution is -2.54. The number of amides is 4. The quantitative estimate of drug-likeness (QED) is 0.120. The molecular formula is C45H58N8O8. The lowest BCUT2D eigenvalue weighted by atomic mass is 9.90. The van der Waals surface area contributed by atoms with Crippen LogP contribution in [0.4, 0.5) is 9.59 Å². The van der Waals surface area contributed by atoms with Crippen LogP contribution in [0.5, 0.6) is 0 Å². The number of methoxy groups -OCH3 is 3. The van der Waals surface area contributed by atoms with Crippen LogP contribution in [0.25, 0.3) is 33.6 Å². The third-order valence-electron chi connectivity index (χ3n) is 12.4. The van der Waals surface area contributed by atoms with Crippen LogP contribution < -0.4 is 10.6 Å². The summed E-state index contributed by atoms with van der Waals surface area (Å²) in [6, 6.07) is 14.5. The second-order valence-electron chi connectivity index (χ2n) is 16.7. The molecule has 4 N–H and O–H groups in total. The fourth-order valence-electron chi connectivity index (χ4n) is 9.05. The molecule has 0 unspecified atom stereocenters. The zero-order valence-electron chi connectivity index (χ0n) is 35.8. The minimum atomic E-state index is -0.743. The van der Waals surface area contributed by atoms with Gasteiger partial charge in [-0.1, -0.05) is 62.4 Å². The summed E-state index contributed by atoms with van der Waals surface area (Å²) in [6.45, 7) is 7.93. The number of rotatable bonds is 13.